The molecule has 1 aromatic heterocycles. The summed E-state index contributed by atoms with van der Waals surface area (Å²) in [6.45, 7) is 4.25. The Balaban J connectivity index is 1.62. The van der Waals surface area contributed by atoms with E-state index >= 15 is 0 Å². The second kappa shape index (κ2) is 8.99. The molecule has 0 fully saturated rings. The summed E-state index contributed by atoms with van der Waals surface area (Å²) in [6.07, 6.45) is 1.66. The second-order valence-electron chi connectivity index (χ2n) is 6.53. The quantitative estimate of drug-likeness (QED) is 0.626. The van der Waals surface area contributed by atoms with Gasteiger partial charge in [0.1, 0.15) is 17.3 Å². The van der Waals surface area contributed by atoms with Crippen molar-refractivity contribution in [2.75, 3.05) is 5.32 Å². The Morgan fingerprint density at radius 3 is 2.50 bits per heavy atom. The van der Waals surface area contributed by atoms with Crippen molar-refractivity contribution in [2.45, 2.75) is 26.5 Å². The van der Waals surface area contributed by atoms with Crippen LogP contribution in [-0.2, 0) is 6.54 Å². The maximum atomic E-state index is 12.9. The summed E-state index contributed by atoms with van der Waals surface area (Å²) in [6, 6.07) is 17.1. The maximum Gasteiger partial charge on any atom is 0.270 e. The predicted molar refractivity (Wildman–Crippen MR) is 107 cm³/mol. The van der Waals surface area contributed by atoms with Gasteiger partial charge in [-0.25, -0.2) is 9.37 Å². The fraction of sp³-hybridized carbons (Fsp3) is 0.182. The van der Waals surface area contributed by atoms with Crippen molar-refractivity contribution < 1.29 is 13.9 Å². The first kappa shape index (κ1) is 19.4. The van der Waals surface area contributed by atoms with Crippen LogP contribution in [0.4, 0.5) is 15.8 Å². The Kier molecular flexibility index (Phi) is 6.22. The van der Waals surface area contributed by atoms with Gasteiger partial charge in [0.05, 0.1) is 23.7 Å². The highest BCUT2D eigenvalue weighted by Gasteiger charge is 2.09. The summed E-state index contributed by atoms with van der Waals surface area (Å²) in [4.78, 5) is 16.5. The third-order valence-electron chi connectivity index (χ3n) is 3.89. The molecule has 144 valence electrons. The minimum atomic E-state index is -0.305. The number of anilines is 2. The number of amides is 1. The van der Waals surface area contributed by atoms with Crippen LogP contribution in [-0.4, -0.2) is 17.0 Å². The molecule has 2 aromatic carbocycles. The molecule has 0 spiro atoms. The van der Waals surface area contributed by atoms with Gasteiger partial charge in [0.2, 0.25) is 0 Å². The first-order valence-corrected chi connectivity index (χ1v) is 9.02. The molecule has 0 atom stereocenters. The van der Waals surface area contributed by atoms with E-state index in [9.17, 15) is 9.18 Å². The minimum absolute atomic E-state index is 0.0632. The molecular formula is C22H22FN3O2. The van der Waals surface area contributed by atoms with E-state index in [1.54, 1.807) is 30.5 Å². The highest BCUT2D eigenvalue weighted by atomic mass is 19.1. The van der Waals surface area contributed by atoms with Crippen molar-refractivity contribution in [3.05, 3.63) is 83.9 Å². The molecule has 0 aliphatic rings. The van der Waals surface area contributed by atoms with E-state index < -0.39 is 0 Å². The molecule has 3 aromatic rings. The number of benzene rings is 2. The molecule has 0 aliphatic carbocycles. The molecule has 2 N–H and O–H groups in total. The van der Waals surface area contributed by atoms with Crippen molar-refractivity contribution in [3.63, 3.8) is 0 Å². The Morgan fingerprint density at radius 1 is 1.07 bits per heavy atom. The van der Waals surface area contributed by atoms with E-state index in [0.29, 0.717) is 12.2 Å². The number of hydrogen-bond donors (Lipinski definition) is 2. The zero-order valence-electron chi connectivity index (χ0n) is 15.8. The fourth-order valence-electron chi connectivity index (χ4n) is 2.56. The van der Waals surface area contributed by atoms with Gasteiger partial charge in [-0.05, 0) is 55.8 Å². The largest absolute Gasteiger partial charge is 0.489 e. The zero-order valence-corrected chi connectivity index (χ0v) is 15.8. The van der Waals surface area contributed by atoms with E-state index in [1.807, 2.05) is 38.1 Å². The SMILES string of the molecule is CC(C)Oc1ccccc1Nc1ccc(C(=O)NCc2ccc(F)cc2)nc1. The van der Waals surface area contributed by atoms with E-state index in [2.05, 4.69) is 15.6 Å². The van der Waals surface area contributed by atoms with Gasteiger partial charge in [-0.2, -0.15) is 0 Å². The number of halogens is 1. The van der Waals surface area contributed by atoms with Crippen LogP contribution < -0.4 is 15.4 Å². The maximum absolute atomic E-state index is 12.9. The average molecular weight is 379 g/mol. The van der Waals surface area contributed by atoms with Gasteiger partial charge in [0.15, 0.2) is 0 Å². The van der Waals surface area contributed by atoms with Crippen molar-refractivity contribution >= 4 is 17.3 Å². The molecule has 0 saturated carbocycles. The third-order valence-corrected chi connectivity index (χ3v) is 3.89. The lowest BCUT2D eigenvalue weighted by atomic mass is 10.2. The van der Waals surface area contributed by atoms with Crippen molar-refractivity contribution in [3.8, 4) is 5.75 Å². The number of ether oxygens (including phenoxy) is 1. The van der Waals surface area contributed by atoms with E-state index in [4.69, 9.17) is 4.74 Å². The summed E-state index contributed by atoms with van der Waals surface area (Å²) < 4.78 is 18.7. The average Bonchev–Trinajstić information content (AvgIpc) is 2.69. The summed E-state index contributed by atoms with van der Waals surface area (Å²) in [5.74, 6) is 0.151. The van der Waals surface area contributed by atoms with Gasteiger partial charge >= 0.3 is 0 Å². The molecule has 5 nitrogen and oxygen atoms in total. The van der Waals surface area contributed by atoms with Crippen LogP contribution in [0.2, 0.25) is 0 Å². The van der Waals surface area contributed by atoms with Crippen LogP contribution in [0.25, 0.3) is 0 Å². The van der Waals surface area contributed by atoms with Crippen LogP contribution >= 0.6 is 0 Å². The van der Waals surface area contributed by atoms with Crippen LogP contribution in [0.5, 0.6) is 5.75 Å². The molecule has 0 radical (unpaired) electrons. The number of carbonyl (C=O) groups excluding carboxylic acids is 1. The predicted octanol–water partition coefficient (Wildman–Crippen LogP) is 4.68. The molecule has 0 unspecified atom stereocenters. The highest BCUT2D eigenvalue weighted by Crippen LogP contribution is 2.28. The number of nitrogens with zero attached hydrogens (tertiary/aromatic N) is 1. The van der Waals surface area contributed by atoms with Gasteiger partial charge < -0.3 is 15.4 Å². The third kappa shape index (κ3) is 5.30. The molecule has 0 bridgehead atoms. The Morgan fingerprint density at radius 2 is 1.82 bits per heavy atom. The number of rotatable bonds is 7. The Hall–Kier alpha value is -3.41. The van der Waals surface area contributed by atoms with E-state index in [0.717, 1.165) is 22.7 Å². The molecule has 0 aliphatic heterocycles. The van der Waals surface area contributed by atoms with E-state index in [1.165, 1.54) is 12.1 Å². The zero-order chi connectivity index (χ0) is 19.9. The Bertz CT molecular complexity index is 925. The lowest BCUT2D eigenvalue weighted by Gasteiger charge is -2.15. The number of para-hydroxylation sites is 2. The van der Waals surface area contributed by atoms with Crippen molar-refractivity contribution in [2.24, 2.45) is 0 Å². The normalized spacial score (nSPS) is 10.6. The molecular weight excluding hydrogens is 357 g/mol. The fourth-order valence-corrected chi connectivity index (χ4v) is 2.56. The highest BCUT2D eigenvalue weighted by molar-refractivity contribution is 5.92. The first-order chi connectivity index (χ1) is 13.5. The molecule has 6 heteroatoms. The topological polar surface area (TPSA) is 63.2 Å². The molecule has 1 amide bonds. The smallest absolute Gasteiger partial charge is 0.270 e. The lowest BCUT2D eigenvalue weighted by molar-refractivity contribution is 0.0946. The lowest BCUT2D eigenvalue weighted by Crippen LogP contribution is -2.23. The number of aromatic nitrogens is 1. The van der Waals surface area contributed by atoms with Gasteiger partial charge in [0.25, 0.3) is 5.91 Å². The van der Waals surface area contributed by atoms with E-state index in [-0.39, 0.29) is 17.8 Å². The van der Waals surface area contributed by atoms with Gasteiger partial charge in [-0.15, -0.1) is 0 Å². The Labute approximate surface area is 163 Å². The summed E-state index contributed by atoms with van der Waals surface area (Å²) in [5, 5.41) is 6.02. The molecule has 28 heavy (non-hydrogen) atoms. The van der Waals surface area contributed by atoms with Crippen LogP contribution in [0, 0.1) is 5.82 Å². The van der Waals surface area contributed by atoms with Crippen LogP contribution in [0.1, 0.15) is 29.9 Å². The minimum Gasteiger partial charge on any atom is -0.489 e. The van der Waals surface area contributed by atoms with Gasteiger partial charge in [-0.3, -0.25) is 4.79 Å². The number of carbonyl (C=O) groups is 1. The van der Waals surface area contributed by atoms with Crippen molar-refractivity contribution in [1.82, 2.24) is 10.3 Å². The number of hydrogen-bond acceptors (Lipinski definition) is 4. The standard InChI is InChI=1S/C22H22FN3O2/c1-15(2)28-21-6-4-3-5-19(21)26-18-11-12-20(24-14-18)22(27)25-13-16-7-9-17(23)10-8-16/h3-12,14-15,26H,13H2,1-2H3,(H,25,27). The monoisotopic (exact) mass is 379 g/mol. The number of nitrogens with one attached hydrogen (secondary N) is 2. The van der Waals surface area contributed by atoms with Gasteiger partial charge in [0, 0.05) is 6.54 Å². The van der Waals surface area contributed by atoms with Crippen molar-refractivity contribution in [1.29, 1.82) is 0 Å². The summed E-state index contributed by atoms with van der Waals surface area (Å²) >= 11 is 0. The second-order valence-corrected chi connectivity index (χ2v) is 6.53. The van der Waals surface area contributed by atoms with Crippen LogP contribution in [0.15, 0.2) is 66.9 Å². The summed E-state index contributed by atoms with van der Waals surface area (Å²) in [7, 11) is 0. The molecule has 0 saturated heterocycles. The molecule has 3 rings (SSSR count). The van der Waals surface area contributed by atoms with Crippen LogP contribution in [0.3, 0.4) is 0 Å². The number of pyridine rings is 1. The molecule has 1 heterocycles. The first-order valence-electron chi connectivity index (χ1n) is 9.02. The van der Waals surface area contributed by atoms with Gasteiger partial charge in [-0.1, -0.05) is 24.3 Å². The summed E-state index contributed by atoms with van der Waals surface area (Å²) in [5.41, 5.74) is 2.69.